The summed E-state index contributed by atoms with van der Waals surface area (Å²) in [7, 11) is 0. The van der Waals surface area contributed by atoms with E-state index in [4.69, 9.17) is 11.6 Å². The Kier molecular flexibility index (Phi) is 7.94. The van der Waals surface area contributed by atoms with Gasteiger partial charge in [0.05, 0.1) is 5.56 Å². The van der Waals surface area contributed by atoms with Gasteiger partial charge in [-0.25, -0.2) is 12.1 Å². The third-order valence-electron chi connectivity index (χ3n) is 2.74. The Hall–Kier alpha value is -2.24. The number of carbonyl (C=O) groups excluding carboxylic acids is 1. The molecule has 23 heavy (non-hydrogen) atoms. The van der Waals surface area contributed by atoms with Crippen molar-refractivity contribution in [3.63, 3.8) is 0 Å². The second kappa shape index (κ2) is 9.71. The van der Waals surface area contributed by atoms with E-state index in [1.54, 1.807) is 12.1 Å². The van der Waals surface area contributed by atoms with Crippen LogP contribution in [0.1, 0.15) is 15.9 Å². The van der Waals surface area contributed by atoms with Crippen molar-refractivity contribution in [2.45, 2.75) is 0 Å². The van der Waals surface area contributed by atoms with Crippen molar-refractivity contribution in [2.75, 3.05) is 0 Å². The minimum atomic E-state index is -0.453. The molecule has 0 amide bonds. The Labute approximate surface area is 150 Å². The van der Waals surface area contributed by atoms with E-state index in [2.05, 4.69) is 11.8 Å². The van der Waals surface area contributed by atoms with Crippen LogP contribution in [0.15, 0.2) is 72.8 Å². The molecule has 0 aliphatic rings. The maximum atomic E-state index is 11.7. The zero-order valence-corrected chi connectivity index (χ0v) is 13.9. The van der Waals surface area contributed by atoms with Gasteiger partial charge in [0.2, 0.25) is 5.78 Å². The van der Waals surface area contributed by atoms with Crippen molar-refractivity contribution in [3.8, 4) is 17.6 Å². The summed E-state index contributed by atoms with van der Waals surface area (Å²) in [5.41, 5.74) is 0.886. The average Bonchev–Trinajstić information content (AvgIpc) is 3.23. The molecule has 1 N–H and O–H groups in total. The first-order chi connectivity index (χ1) is 10.7. The maximum Gasteiger partial charge on any atom is 2.00 e. The van der Waals surface area contributed by atoms with Gasteiger partial charge in [-0.05, 0) is 18.2 Å². The zero-order valence-electron chi connectivity index (χ0n) is 12.0. The van der Waals surface area contributed by atoms with Crippen LogP contribution in [0.2, 0.25) is 5.02 Å². The van der Waals surface area contributed by atoms with Crippen LogP contribution in [-0.2, 0) is 17.1 Å². The van der Waals surface area contributed by atoms with E-state index in [-0.39, 0.29) is 28.4 Å². The fourth-order valence-corrected chi connectivity index (χ4v) is 1.84. The quantitative estimate of drug-likeness (QED) is 0.301. The first-order valence-corrected chi connectivity index (χ1v) is 6.98. The molecule has 0 saturated carbocycles. The predicted octanol–water partition coefficient (Wildman–Crippen LogP) is 4.40. The fraction of sp³-hybridized carbons (Fsp3) is 0. The molecule has 0 saturated heterocycles. The van der Waals surface area contributed by atoms with Gasteiger partial charge in [0.15, 0.2) is 0 Å². The summed E-state index contributed by atoms with van der Waals surface area (Å²) in [6, 6.07) is 21.6. The Morgan fingerprint density at radius 3 is 2.39 bits per heavy atom. The number of rotatable bonds is 1. The molecule has 3 aromatic carbocycles. The molecule has 0 bridgehead atoms. The van der Waals surface area contributed by atoms with E-state index < -0.39 is 5.78 Å². The first-order valence-electron chi connectivity index (χ1n) is 6.60. The van der Waals surface area contributed by atoms with Gasteiger partial charge in [0.1, 0.15) is 5.75 Å². The van der Waals surface area contributed by atoms with E-state index in [9.17, 15) is 9.90 Å². The minimum absolute atomic E-state index is 0. The van der Waals surface area contributed by atoms with E-state index in [0.717, 1.165) is 5.56 Å². The molecule has 0 fully saturated rings. The van der Waals surface area contributed by atoms with Crippen LogP contribution in [0.3, 0.4) is 0 Å². The molecule has 0 atom stereocenters. The standard InChI is InChI=1S/C14H8ClO2.C5H5.Fe/c15-11-6-8-14(17)12(9-11)13(16)7-5-10-3-1-2-4-10;1-2-4-5-3-1;/h1-4,6,8-9,17H;1-5H;/q2*-1;+2. The van der Waals surface area contributed by atoms with Gasteiger partial charge in [0, 0.05) is 5.02 Å². The normalized spacial score (nSPS) is 8.74. The summed E-state index contributed by atoms with van der Waals surface area (Å²) >= 11 is 5.75. The molecule has 0 unspecified atom stereocenters. The Bertz CT molecular complexity index is 761. The molecule has 0 aliphatic heterocycles. The van der Waals surface area contributed by atoms with Crippen LogP contribution in [0, 0.1) is 11.8 Å². The molecule has 0 radical (unpaired) electrons. The number of Topliss-reactive ketones (excluding diaryl/α,β-unsaturated/α-hetero) is 1. The molecule has 0 aromatic heterocycles. The summed E-state index contributed by atoms with van der Waals surface area (Å²) in [6.45, 7) is 0. The van der Waals surface area contributed by atoms with Crippen molar-refractivity contribution in [2.24, 2.45) is 0 Å². The summed E-state index contributed by atoms with van der Waals surface area (Å²) in [5.74, 6) is 4.61. The van der Waals surface area contributed by atoms with Crippen molar-refractivity contribution < 1.29 is 27.0 Å². The Balaban J connectivity index is 0.000000377. The first kappa shape index (κ1) is 18.8. The van der Waals surface area contributed by atoms with E-state index >= 15 is 0 Å². The number of phenols is 1. The van der Waals surface area contributed by atoms with Gasteiger partial charge in [0.25, 0.3) is 0 Å². The predicted molar refractivity (Wildman–Crippen MR) is 88.4 cm³/mol. The summed E-state index contributed by atoms with van der Waals surface area (Å²) in [5, 5.41) is 9.91. The van der Waals surface area contributed by atoms with Gasteiger partial charge in [-0.1, -0.05) is 17.5 Å². The fourth-order valence-electron chi connectivity index (χ4n) is 1.66. The van der Waals surface area contributed by atoms with Gasteiger partial charge >= 0.3 is 17.1 Å². The number of halogens is 1. The summed E-state index contributed by atoms with van der Waals surface area (Å²) in [6.07, 6.45) is 0. The van der Waals surface area contributed by atoms with Gasteiger partial charge in [-0.3, -0.25) is 4.79 Å². The molecule has 3 rings (SSSR count). The SMILES string of the molecule is O=C(C#Cc1ccc[cH-]1)c1cc(Cl)ccc1O.[Fe+2].c1cc[cH-]c1. The largest absolute Gasteiger partial charge is 2.00 e. The van der Waals surface area contributed by atoms with Gasteiger partial charge < -0.3 is 5.11 Å². The number of hydrogen-bond donors (Lipinski definition) is 1. The Morgan fingerprint density at radius 1 is 1.09 bits per heavy atom. The molecule has 4 heteroatoms. The number of phenolic OH excluding ortho intramolecular Hbond substituents is 1. The van der Waals surface area contributed by atoms with E-state index in [1.165, 1.54) is 18.2 Å². The number of aromatic hydroxyl groups is 1. The molecule has 2 nitrogen and oxygen atoms in total. The molecule has 0 spiro atoms. The van der Waals surface area contributed by atoms with Crippen molar-refractivity contribution in [1.29, 1.82) is 0 Å². The molecule has 3 aromatic rings. The Morgan fingerprint density at radius 2 is 1.83 bits per heavy atom. The number of hydrogen-bond acceptors (Lipinski definition) is 2. The van der Waals surface area contributed by atoms with Crippen LogP contribution in [0.5, 0.6) is 5.75 Å². The third-order valence-corrected chi connectivity index (χ3v) is 2.98. The van der Waals surface area contributed by atoms with Gasteiger partial charge in [-0.15, -0.1) is 11.6 Å². The average molecular weight is 365 g/mol. The van der Waals surface area contributed by atoms with Crippen LogP contribution in [0.4, 0.5) is 0 Å². The number of ketones is 1. The topological polar surface area (TPSA) is 37.3 Å². The second-order valence-corrected chi connectivity index (χ2v) is 4.81. The molecule has 0 aliphatic carbocycles. The van der Waals surface area contributed by atoms with Crippen molar-refractivity contribution in [3.05, 3.63) is 88.9 Å². The maximum absolute atomic E-state index is 11.7. The van der Waals surface area contributed by atoms with Crippen molar-refractivity contribution >= 4 is 17.4 Å². The zero-order chi connectivity index (χ0) is 15.8. The number of carbonyl (C=O) groups is 1. The van der Waals surface area contributed by atoms with E-state index in [0.29, 0.717) is 5.02 Å². The van der Waals surface area contributed by atoms with Crippen LogP contribution in [0.25, 0.3) is 0 Å². The third kappa shape index (κ3) is 6.18. The van der Waals surface area contributed by atoms with Crippen molar-refractivity contribution in [1.82, 2.24) is 0 Å². The molecular weight excluding hydrogens is 352 g/mol. The number of benzene rings is 1. The van der Waals surface area contributed by atoms with Crippen LogP contribution < -0.4 is 0 Å². The molecular formula is C19H13ClFeO2. The summed E-state index contributed by atoms with van der Waals surface area (Å²) < 4.78 is 0. The monoisotopic (exact) mass is 364 g/mol. The molecule has 0 heterocycles. The minimum Gasteiger partial charge on any atom is -0.507 e. The summed E-state index contributed by atoms with van der Waals surface area (Å²) in [4.78, 5) is 11.7. The van der Waals surface area contributed by atoms with Gasteiger partial charge in [-0.2, -0.15) is 42.3 Å². The smallest absolute Gasteiger partial charge is 0.507 e. The van der Waals surface area contributed by atoms with Crippen LogP contribution >= 0.6 is 11.6 Å². The van der Waals surface area contributed by atoms with Crippen LogP contribution in [-0.4, -0.2) is 10.9 Å². The second-order valence-electron chi connectivity index (χ2n) is 4.38. The van der Waals surface area contributed by atoms with E-state index in [1.807, 2.05) is 42.5 Å². The molecule has 116 valence electrons.